The van der Waals surface area contributed by atoms with Crippen molar-refractivity contribution < 1.29 is 43.5 Å². The van der Waals surface area contributed by atoms with E-state index in [9.17, 15) is 43.5 Å². The normalized spacial score (nSPS) is 16.4. The molecule has 0 spiro atoms. The molecular formula is C38H69N11O9S. The molecule has 1 aliphatic carbocycles. The predicted octanol–water partition coefficient (Wildman–Crippen LogP) is -1.92. The van der Waals surface area contributed by atoms with E-state index in [0.29, 0.717) is 18.6 Å². The fourth-order valence-corrected chi connectivity index (χ4v) is 7.10. The molecule has 0 aromatic carbocycles. The second-order valence-corrected chi connectivity index (χ2v) is 16.5. The lowest BCUT2D eigenvalue weighted by Gasteiger charge is -2.30. The smallest absolute Gasteiger partial charge is 0.247 e. The van der Waals surface area contributed by atoms with E-state index in [1.807, 2.05) is 13.8 Å². The number of thioether (sulfide) groups is 1. The molecule has 0 aromatic heterocycles. The highest BCUT2D eigenvalue weighted by molar-refractivity contribution is 7.98. The van der Waals surface area contributed by atoms with Crippen molar-refractivity contribution in [2.24, 2.45) is 34.0 Å². The predicted molar refractivity (Wildman–Crippen MR) is 225 cm³/mol. The maximum absolute atomic E-state index is 13.6. The zero-order valence-electron chi connectivity index (χ0n) is 35.6. The van der Waals surface area contributed by atoms with Crippen LogP contribution in [-0.2, 0) is 38.4 Å². The van der Waals surface area contributed by atoms with Crippen molar-refractivity contribution in [1.29, 1.82) is 0 Å². The van der Waals surface area contributed by atoms with Crippen LogP contribution in [0.3, 0.4) is 0 Å². The van der Waals surface area contributed by atoms with Crippen LogP contribution < -0.4 is 49.1 Å². The average molecular weight is 856 g/mol. The van der Waals surface area contributed by atoms with Gasteiger partial charge in [-0.2, -0.15) is 11.8 Å². The maximum atomic E-state index is 13.6. The van der Waals surface area contributed by atoms with Crippen LogP contribution >= 0.6 is 11.8 Å². The maximum Gasteiger partial charge on any atom is 0.247 e. The topological polar surface area (TPSA) is 323 Å². The molecule has 0 aliphatic heterocycles. The van der Waals surface area contributed by atoms with E-state index in [4.69, 9.17) is 17.2 Å². The number of nitrogens with zero attached hydrogens (tertiary/aromatic N) is 2. The quantitative estimate of drug-likeness (QED) is 0.0259. The Morgan fingerprint density at radius 2 is 1.24 bits per heavy atom. The van der Waals surface area contributed by atoms with Crippen molar-refractivity contribution in [2.75, 3.05) is 32.2 Å². The number of hydrogen-bond acceptors (Lipinski definition) is 11. The minimum Gasteiger partial charge on any atom is -0.394 e. The first kappa shape index (κ1) is 52.4. The molecule has 0 saturated heterocycles. The number of nitrogens with one attached hydrogen (secondary N) is 6. The summed E-state index contributed by atoms with van der Waals surface area (Å²) < 4.78 is 0. The van der Waals surface area contributed by atoms with E-state index in [0.717, 1.165) is 37.0 Å². The molecule has 7 atom stereocenters. The van der Waals surface area contributed by atoms with E-state index in [1.54, 1.807) is 6.26 Å². The van der Waals surface area contributed by atoms with Crippen LogP contribution in [-0.4, -0.2) is 138 Å². The summed E-state index contributed by atoms with van der Waals surface area (Å²) in [7, 11) is 1.34. The average Bonchev–Trinajstić information content (AvgIpc) is 3.17. The number of carbonyl (C=O) groups is 8. The molecule has 1 saturated carbocycles. The largest absolute Gasteiger partial charge is 0.394 e. The summed E-state index contributed by atoms with van der Waals surface area (Å²) in [6.07, 6.45) is 8.08. The highest BCUT2D eigenvalue weighted by Crippen LogP contribution is 2.27. The zero-order chi connectivity index (χ0) is 44.8. The number of hydrogen-bond donors (Lipinski definition) is 10. The molecule has 21 heteroatoms. The number of carbonyl (C=O) groups excluding carboxylic acids is 8. The highest BCUT2D eigenvalue weighted by Gasteiger charge is 2.34. The van der Waals surface area contributed by atoms with Gasteiger partial charge in [0.2, 0.25) is 47.3 Å². The molecule has 336 valence electrons. The van der Waals surface area contributed by atoms with Crippen LogP contribution in [0.25, 0.3) is 0 Å². The lowest BCUT2D eigenvalue weighted by atomic mass is 9.84. The number of nitrogens with two attached hydrogens (primary N) is 3. The minimum atomic E-state index is -1.44. The third-order valence-corrected chi connectivity index (χ3v) is 10.6. The summed E-state index contributed by atoms with van der Waals surface area (Å²) in [5.41, 5.74) is 16.4. The van der Waals surface area contributed by atoms with Gasteiger partial charge < -0.3 is 59.1 Å². The first-order valence-corrected chi connectivity index (χ1v) is 21.6. The number of amides is 8. The van der Waals surface area contributed by atoms with Crippen molar-refractivity contribution in [3.8, 4) is 0 Å². The van der Waals surface area contributed by atoms with Crippen LogP contribution in [0.2, 0.25) is 0 Å². The fourth-order valence-electron chi connectivity index (χ4n) is 6.63. The Balaban J connectivity index is 3.06. The van der Waals surface area contributed by atoms with Gasteiger partial charge in [-0.1, -0.05) is 46.0 Å². The molecule has 1 aliphatic rings. The zero-order valence-corrected chi connectivity index (χ0v) is 36.5. The number of rotatable bonds is 26. The van der Waals surface area contributed by atoms with Crippen LogP contribution in [0, 0.1) is 11.8 Å². The SMILES string of the molecule is CSCC[C@H](NC(=O)[C@H](C)NC(=O)[C@H](CCCN=C(N)N)NC(=O)[C@H](CC1CCCCC1)NC(C)=O)C(=O)N[C@H](C)C(=O)N[C@@H](CO)C(=O)N(C)[C@@H](CC(C)C)C(N)=O. The minimum absolute atomic E-state index is 0.0159. The number of aliphatic hydroxyl groups excluding tert-OH is 1. The summed E-state index contributed by atoms with van der Waals surface area (Å²) in [4.78, 5) is 109. The van der Waals surface area contributed by atoms with E-state index >= 15 is 0 Å². The highest BCUT2D eigenvalue weighted by atomic mass is 32.2. The van der Waals surface area contributed by atoms with Gasteiger partial charge in [0.1, 0.15) is 42.3 Å². The molecular weight excluding hydrogens is 787 g/mol. The van der Waals surface area contributed by atoms with Crippen LogP contribution in [0.5, 0.6) is 0 Å². The van der Waals surface area contributed by atoms with Crippen molar-refractivity contribution in [3.05, 3.63) is 0 Å². The van der Waals surface area contributed by atoms with Gasteiger partial charge in [0.25, 0.3) is 0 Å². The molecule has 20 nitrogen and oxygen atoms in total. The number of primary amides is 1. The molecule has 0 aromatic rings. The number of likely N-dealkylation sites (N-methyl/N-ethyl adjacent to an activating group) is 1. The molecule has 1 fully saturated rings. The van der Waals surface area contributed by atoms with Gasteiger partial charge in [-0.3, -0.25) is 43.3 Å². The first-order chi connectivity index (χ1) is 27.7. The van der Waals surface area contributed by atoms with Gasteiger partial charge in [-0.25, -0.2) is 0 Å². The summed E-state index contributed by atoms with van der Waals surface area (Å²) in [5.74, 6) is -4.84. The number of aliphatic imine (C=N–C) groups is 1. The van der Waals surface area contributed by atoms with Gasteiger partial charge in [-0.15, -0.1) is 0 Å². The Morgan fingerprint density at radius 3 is 1.71 bits per heavy atom. The van der Waals surface area contributed by atoms with Crippen molar-refractivity contribution in [1.82, 2.24) is 36.8 Å². The van der Waals surface area contributed by atoms with E-state index < -0.39 is 90.3 Å². The Morgan fingerprint density at radius 1 is 0.729 bits per heavy atom. The van der Waals surface area contributed by atoms with E-state index in [1.165, 1.54) is 39.6 Å². The summed E-state index contributed by atoms with van der Waals surface area (Å²) >= 11 is 1.41. The van der Waals surface area contributed by atoms with Crippen LogP contribution in [0.4, 0.5) is 0 Å². The molecule has 0 heterocycles. The molecule has 13 N–H and O–H groups in total. The molecule has 1 rings (SSSR count). The molecule has 0 radical (unpaired) electrons. The Hall–Kier alpha value is -4.66. The fraction of sp³-hybridized carbons (Fsp3) is 0.763. The van der Waals surface area contributed by atoms with Gasteiger partial charge in [0.15, 0.2) is 5.96 Å². The Bertz CT molecular complexity index is 1460. The third-order valence-electron chi connectivity index (χ3n) is 9.95. The van der Waals surface area contributed by atoms with E-state index in [2.05, 4.69) is 36.9 Å². The lowest BCUT2D eigenvalue weighted by molar-refractivity contribution is -0.142. The molecule has 59 heavy (non-hydrogen) atoms. The summed E-state index contributed by atoms with van der Waals surface area (Å²) in [6.45, 7) is 7.13. The van der Waals surface area contributed by atoms with Crippen LogP contribution in [0.15, 0.2) is 4.99 Å². The molecule has 8 amide bonds. The van der Waals surface area contributed by atoms with Gasteiger partial charge in [-0.05, 0) is 69.8 Å². The van der Waals surface area contributed by atoms with E-state index in [-0.39, 0.29) is 49.5 Å². The summed E-state index contributed by atoms with van der Waals surface area (Å²) in [5, 5.41) is 25.5. The standard InChI is InChI=1S/C38H69N11O9S/c1-21(2)18-30(31(39)52)49(6)37(58)29(20-50)48-33(54)23(4)44-35(56)27(15-17-59-7)46-32(53)22(3)43-34(55)26(14-11-16-42-38(40)41)47-36(57)28(45-24(5)51)19-25-12-9-8-10-13-25/h21-23,25-30,50H,8-20H2,1-7H3,(H2,39,52)(H,43,55)(H,44,56)(H,45,51)(H,46,53)(H,47,57)(H,48,54)(H4,40,41,42)/t22-,23+,26-,27-,28-,29-,30-/m0/s1. The second-order valence-electron chi connectivity index (χ2n) is 15.5. The number of guanidine groups is 1. The molecule has 0 bridgehead atoms. The second kappa shape index (κ2) is 27.2. The third kappa shape index (κ3) is 19.8. The van der Waals surface area contributed by atoms with Crippen LogP contribution in [0.1, 0.15) is 98.8 Å². The first-order valence-electron chi connectivity index (χ1n) is 20.2. The van der Waals surface area contributed by atoms with Gasteiger partial charge in [0.05, 0.1) is 6.61 Å². The number of aliphatic hydroxyl groups is 1. The van der Waals surface area contributed by atoms with Crippen molar-refractivity contribution in [2.45, 2.75) is 141 Å². The van der Waals surface area contributed by atoms with Gasteiger partial charge in [0, 0.05) is 20.5 Å². The lowest BCUT2D eigenvalue weighted by Crippen LogP contribution is -2.59. The monoisotopic (exact) mass is 856 g/mol. The van der Waals surface area contributed by atoms with Gasteiger partial charge >= 0.3 is 0 Å². The van der Waals surface area contributed by atoms with Crippen molar-refractivity contribution in [3.63, 3.8) is 0 Å². The Labute approximate surface area is 351 Å². The molecule has 0 unspecified atom stereocenters. The Kier molecular flexibility index (Phi) is 24.1. The van der Waals surface area contributed by atoms with Crippen molar-refractivity contribution >= 4 is 65.0 Å². The summed E-state index contributed by atoms with van der Waals surface area (Å²) in [6, 6.07) is -7.98.